The summed E-state index contributed by atoms with van der Waals surface area (Å²) in [6.45, 7) is 2.80. The van der Waals surface area contributed by atoms with Crippen molar-refractivity contribution in [2.45, 2.75) is 57.9 Å². The maximum Gasteiger partial charge on any atom is 0.226 e. The molecular weight excluding hydrogens is 298 g/mol. The summed E-state index contributed by atoms with van der Waals surface area (Å²) >= 11 is 0. The molecule has 1 aromatic rings. The summed E-state index contributed by atoms with van der Waals surface area (Å²) in [5.41, 5.74) is 2.34. The van der Waals surface area contributed by atoms with E-state index in [1.807, 2.05) is 6.07 Å². The number of carbonyl (C=O) groups is 1. The van der Waals surface area contributed by atoms with Crippen LogP contribution in [0.2, 0.25) is 0 Å². The van der Waals surface area contributed by atoms with Gasteiger partial charge >= 0.3 is 0 Å². The lowest BCUT2D eigenvalue weighted by atomic mass is 9.49. The molecule has 4 fully saturated rings. The first-order valence-electron chi connectivity index (χ1n) is 9.66. The van der Waals surface area contributed by atoms with E-state index in [2.05, 4.69) is 24.4 Å². The van der Waals surface area contributed by atoms with Crippen molar-refractivity contribution >= 4 is 5.91 Å². The molecule has 1 aliphatic heterocycles. The summed E-state index contributed by atoms with van der Waals surface area (Å²) < 4.78 is 5.79. The molecule has 4 aliphatic carbocycles. The minimum absolute atomic E-state index is 0.0585. The van der Waals surface area contributed by atoms with Crippen LogP contribution in [-0.2, 0) is 4.79 Å². The fraction of sp³-hybridized carbons (Fsp3) is 0.667. The Labute approximate surface area is 144 Å². The maximum absolute atomic E-state index is 13.3. The van der Waals surface area contributed by atoms with Gasteiger partial charge in [0.2, 0.25) is 5.91 Å². The summed E-state index contributed by atoms with van der Waals surface area (Å²) in [5, 5.41) is 3.44. The van der Waals surface area contributed by atoms with Gasteiger partial charge in [-0.3, -0.25) is 4.79 Å². The number of benzene rings is 1. The van der Waals surface area contributed by atoms with Gasteiger partial charge in [-0.25, -0.2) is 0 Å². The zero-order chi connectivity index (χ0) is 16.3. The first kappa shape index (κ1) is 14.8. The summed E-state index contributed by atoms with van der Waals surface area (Å²) in [6.07, 6.45) is 8.43. The lowest BCUT2D eigenvalue weighted by Crippen LogP contribution is -2.54. The van der Waals surface area contributed by atoms with Crippen LogP contribution in [0.3, 0.4) is 0 Å². The van der Waals surface area contributed by atoms with E-state index in [0.29, 0.717) is 12.5 Å². The van der Waals surface area contributed by atoms with Gasteiger partial charge in [0.1, 0.15) is 5.75 Å². The van der Waals surface area contributed by atoms with E-state index in [0.717, 1.165) is 49.2 Å². The zero-order valence-corrected chi connectivity index (χ0v) is 14.5. The van der Waals surface area contributed by atoms with E-state index in [1.54, 1.807) is 0 Å². The average Bonchev–Trinajstić information content (AvgIpc) is 2.54. The Balaban J connectivity index is 1.39. The largest absolute Gasteiger partial charge is 0.493 e. The van der Waals surface area contributed by atoms with Gasteiger partial charge < -0.3 is 10.1 Å². The van der Waals surface area contributed by atoms with E-state index in [-0.39, 0.29) is 11.5 Å². The molecule has 1 N–H and O–H groups in total. The van der Waals surface area contributed by atoms with Gasteiger partial charge in [-0.1, -0.05) is 17.7 Å². The number of ether oxygens (including phenoxy) is 1. The first-order valence-corrected chi connectivity index (χ1v) is 9.66. The van der Waals surface area contributed by atoms with Gasteiger partial charge in [0.25, 0.3) is 0 Å². The molecule has 0 saturated heterocycles. The lowest BCUT2D eigenvalue weighted by molar-refractivity contribution is -0.147. The fourth-order valence-corrected chi connectivity index (χ4v) is 6.36. The number of carbonyl (C=O) groups excluding carboxylic acids is 1. The second kappa shape index (κ2) is 5.24. The third kappa shape index (κ3) is 2.28. The van der Waals surface area contributed by atoms with Gasteiger partial charge in [0.05, 0.1) is 12.6 Å². The summed E-state index contributed by atoms with van der Waals surface area (Å²) in [6, 6.07) is 6.43. The monoisotopic (exact) mass is 325 g/mol. The van der Waals surface area contributed by atoms with Gasteiger partial charge in [-0.2, -0.15) is 0 Å². The van der Waals surface area contributed by atoms with Crippen molar-refractivity contribution in [2.75, 3.05) is 6.61 Å². The first-order chi connectivity index (χ1) is 11.6. The third-order valence-corrected chi connectivity index (χ3v) is 7.03. The molecule has 1 atom stereocenters. The smallest absolute Gasteiger partial charge is 0.226 e. The summed E-state index contributed by atoms with van der Waals surface area (Å²) in [5.74, 6) is 3.72. The zero-order valence-electron chi connectivity index (χ0n) is 14.5. The molecule has 1 heterocycles. The molecule has 0 spiro atoms. The highest BCUT2D eigenvalue weighted by atomic mass is 16.5. The second-order valence-corrected chi connectivity index (χ2v) is 8.90. The quantitative estimate of drug-likeness (QED) is 0.887. The van der Waals surface area contributed by atoms with Crippen molar-refractivity contribution in [1.82, 2.24) is 5.32 Å². The second-order valence-electron chi connectivity index (χ2n) is 8.90. The van der Waals surface area contributed by atoms with Gasteiger partial charge in [0.15, 0.2) is 0 Å². The van der Waals surface area contributed by atoms with Gasteiger partial charge in [0, 0.05) is 17.4 Å². The number of aryl methyl sites for hydroxylation is 1. The van der Waals surface area contributed by atoms with Crippen LogP contribution >= 0.6 is 0 Å². The van der Waals surface area contributed by atoms with Crippen LogP contribution in [0.4, 0.5) is 0 Å². The fourth-order valence-electron chi connectivity index (χ4n) is 6.36. The molecule has 1 amide bonds. The molecule has 5 aliphatic rings. The highest BCUT2D eigenvalue weighted by Gasteiger charge is 2.54. The molecule has 6 rings (SSSR count). The Morgan fingerprint density at radius 3 is 2.46 bits per heavy atom. The SMILES string of the molecule is Cc1ccc2c(c1)C(NC(=O)C13CC4CC(CC(C4)C1)C3)CCO2. The van der Waals surface area contributed by atoms with Gasteiger partial charge in [-0.15, -0.1) is 0 Å². The predicted octanol–water partition coefficient (Wildman–Crippen LogP) is 4.15. The van der Waals surface area contributed by atoms with E-state index in [4.69, 9.17) is 4.74 Å². The average molecular weight is 325 g/mol. The van der Waals surface area contributed by atoms with Crippen molar-refractivity contribution in [2.24, 2.45) is 23.2 Å². The summed E-state index contributed by atoms with van der Waals surface area (Å²) in [4.78, 5) is 13.3. The number of fused-ring (bicyclic) bond motifs is 1. The molecule has 128 valence electrons. The van der Waals surface area contributed by atoms with Crippen LogP contribution in [0.5, 0.6) is 5.75 Å². The van der Waals surface area contributed by atoms with Crippen LogP contribution in [0.25, 0.3) is 0 Å². The normalized spacial score (nSPS) is 39.2. The minimum Gasteiger partial charge on any atom is -0.493 e. The van der Waals surface area contributed by atoms with Crippen molar-refractivity contribution in [3.8, 4) is 5.75 Å². The molecule has 0 radical (unpaired) electrons. The summed E-state index contributed by atoms with van der Waals surface area (Å²) in [7, 11) is 0. The van der Waals surface area contributed by atoms with Crippen molar-refractivity contribution in [1.29, 1.82) is 0 Å². The van der Waals surface area contributed by atoms with Crippen LogP contribution in [0, 0.1) is 30.1 Å². The van der Waals surface area contributed by atoms with Crippen LogP contribution in [0.15, 0.2) is 18.2 Å². The molecule has 0 aromatic heterocycles. The number of amides is 1. The molecule has 3 nitrogen and oxygen atoms in total. The Morgan fingerprint density at radius 2 is 1.79 bits per heavy atom. The molecule has 1 unspecified atom stereocenters. The van der Waals surface area contributed by atoms with E-state index in [1.165, 1.54) is 30.4 Å². The molecular formula is C21H27NO2. The van der Waals surface area contributed by atoms with Crippen molar-refractivity contribution in [3.05, 3.63) is 29.3 Å². The molecule has 1 aromatic carbocycles. The molecule has 4 bridgehead atoms. The molecule has 24 heavy (non-hydrogen) atoms. The Hall–Kier alpha value is -1.51. The molecule has 3 heteroatoms. The number of rotatable bonds is 2. The third-order valence-electron chi connectivity index (χ3n) is 7.03. The standard InChI is InChI=1S/C21H27NO2/c1-13-2-3-19-17(6-13)18(4-5-24-19)22-20(23)21-10-14-7-15(11-21)9-16(8-14)12-21/h2-3,6,14-16,18H,4-5,7-12H2,1H3,(H,22,23). The van der Waals surface area contributed by atoms with E-state index >= 15 is 0 Å². The number of hydrogen-bond donors (Lipinski definition) is 1. The molecule has 4 saturated carbocycles. The maximum atomic E-state index is 13.3. The predicted molar refractivity (Wildman–Crippen MR) is 92.8 cm³/mol. The van der Waals surface area contributed by atoms with E-state index in [9.17, 15) is 4.79 Å². The Kier molecular flexibility index (Phi) is 3.23. The van der Waals surface area contributed by atoms with Gasteiger partial charge in [-0.05, 0) is 69.3 Å². The van der Waals surface area contributed by atoms with Crippen molar-refractivity contribution in [3.63, 3.8) is 0 Å². The number of nitrogens with one attached hydrogen (secondary N) is 1. The van der Waals surface area contributed by atoms with Crippen LogP contribution in [0.1, 0.15) is 62.1 Å². The highest BCUT2D eigenvalue weighted by molar-refractivity contribution is 5.83. The van der Waals surface area contributed by atoms with E-state index < -0.39 is 0 Å². The van der Waals surface area contributed by atoms with Crippen LogP contribution in [-0.4, -0.2) is 12.5 Å². The Morgan fingerprint density at radius 1 is 1.12 bits per heavy atom. The minimum atomic E-state index is -0.0585. The topological polar surface area (TPSA) is 38.3 Å². The van der Waals surface area contributed by atoms with Crippen LogP contribution < -0.4 is 10.1 Å². The van der Waals surface area contributed by atoms with Crippen molar-refractivity contribution < 1.29 is 9.53 Å². The highest BCUT2D eigenvalue weighted by Crippen LogP contribution is 2.60. The lowest BCUT2D eigenvalue weighted by Gasteiger charge is -2.56. The Bertz CT molecular complexity index is 645. The number of hydrogen-bond acceptors (Lipinski definition) is 2.